The number of aromatic nitrogens is 5. The first kappa shape index (κ1) is 14.4. The highest BCUT2D eigenvalue weighted by atomic mass is 16.3. The molecule has 2 saturated heterocycles. The monoisotopic (exact) mass is 338 g/mol. The predicted octanol–water partition coefficient (Wildman–Crippen LogP) is 2.27. The zero-order valence-electron chi connectivity index (χ0n) is 13.6. The molecule has 128 valence electrons. The maximum Gasteiger partial charge on any atom is 0.274 e. The second kappa shape index (κ2) is 5.58. The van der Waals surface area contributed by atoms with Crippen LogP contribution in [0.15, 0.2) is 41.3 Å². The number of H-pyrrole nitrogens is 1. The lowest BCUT2D eigenvalue weighted by Gasteiger charge is -2.38. The van der Waals surface area contributed by atoms with E-state index in [1.807, 2.05) is 17.0 Å². The first-order chi connectivity index (χ1) is 12.3. The van der Waals surface area contributed by atoms with E-state index in [1.54, 1.807) is 29.5 Å². The standard InChI is InChI=1S/C17H18N6O2/c24-17(15-10-14(20-21-15)16-2-1-7-25-16)22-11-3-4-12(22)9-13(8-11)23-18-5-6-19-23/h1-2,5-7,10-13H,3-4,8-9H2,(H,20,21)/t11-,12-/m0/s1. The van der Waals surface area contributed by atoms with Crippen LogP contribution in [0, 0.1) is 0 Å². The third-order valence-electron chi connectivity index (χ3n) is 5.29. The summed E-state index contributed by atoms with van der Waals surface area (Å²) in [6, 6.07) is 6.15. The highest BCUT2D eigenvalue weighted by Crippen LogP contribution is 2.41. The van der Waals surface area contributed by atoms with Crippen molar-refractivity contribution in [2.75, 3.05) is 0 Å². The third kappa shape index (κ3) is 2.36. The molecule has 1 amide bonds. The highest BCUT2D eigenvalue weighted by Gasteiger charge is 2.44. The number of carbonyl (C=O) groups is 1. The second-order valence-electron chi connectivity index (χ2n) is 6.72. The SMILES string of the molecule is O=C(c1cc(-c2ccco2)[nH]n1)N1[C@H]2CC[C@H]1CC(n1nccn1)C2. The van der Waals surface area contributed by atoms with Crippen LogP contribution in [0.1, 0.15) is 42.2 Å². The van der Waals surface area contributed by atoms with Gasteiger partial charge in [0.2, 0.25) is 0 Å². The lowest BCUT2D eigenvalue weighted by Crippen LogP contribution is -2.47. The average Bonchev–Trinajstić information content (AvgIpc) is 3.41. The first-order valence-corrected chi connectivity index (χ1v) is 8.57. The maximum absolute atomic E-state index is 13.0. The van der Waals surface area contributed by atoms with Crippen LogP contribution < -0.4 is 0 Å². The molecule has 5 rings (SSSR count). The Labute approximate surface area is 143 Å². The molecule has 2 bridgehead atoms. The quantitative estimate of drug-likeness (QED) is 0.791. The van der Waals surface area contributed by atoms with Crippen molar-refractivity contribution >= 4 is 5.91 Å². The molecular weight excluding hydrogens is 320 g/mol. The van der Waals surface area contributed by atoms with Gasteiger partial charge in [0.1, 0.15) is 5.69 Å². The van der Waals surface area contributed by atoms with Gasteiger partial charge in [-0.3, -0.25) is 9.89 Å². The van der Waals surface area contributed by atoms with Crippen molar-refractivity contribution in [3.63, 3.8) is 0 Å². The van der Waals surface area contributed by atoms with E-state index in [0.717, 1.165) is 31.4 Å². The van der Waals surface area contributed by atoms with Gasteiger partial charge in [-0.25, -0.2) is 0 Å². The Hall–Kier alpha value is -2.90. The molecule has 0 aliphatic carbocycles. The molecule has 0 saturated carbocycles. The van der Waals surface area contributed by atoms with Crippen LogP contribution in [-0.2, 0) is 0 Å². The molecule has 0 radical (unpaired) electrons. The molecule has 8 heteroatoms. The Balaban J connectivity index is 1.37. The number of fused-ring (bicyclic) bond motifs is 2. The van der Waals surface area contributed by atoms with Crippen LogP contribution in [0.5, 0.6) is 0 Å². The summed E-state index contributed by atoms with van der Waals surface area (Å²) in [4.78, 5) is 16.8. The summed E-state index contributed by atoms with van der Waals surface area (Å²) in [7, 11) is 0. The Kier molecular flexibility index (Phi) is 3.22. The number of nitrogens with one attached hydrogen (secondary N) is 1. The van der Waals surface area contributed by atoms with Crippen molar-refractivity contribution < 1.29 is 9.21 Å². The number of rotatable bonds is 3. The topological polar surface area (TPSA) is 92.8 Å². The van der Waals surface area contributed by atoms with Crippen molar-refractivity contribution in [1.29, 1.82) is 0 Å². The minimum Gasteiger partial charge on any atom is -0.463 e. The van der Waals surface area contributed by atoms with Crippen LogP contribution in [0.4, 0.5) is 0 Å². The zero-order valence-corrected chi connectivity index (χ0v) is 13.6. The zero-order chi connectivity index (χ0) is 16.8. The van der Waals surface area contributed by atoms with Gasteiger partial charge in [-0.2, -0.15) is 20.1 Å². The Morgan fingerprint density at radius 1 is 1.16 bits per heavy atom. The molecule has 2 atom stereocenters. The van der Waals surface area contributed by atoms with Crippen LogP contribution >= 0.6 is 0 Å². The molecule has 8 nitrogen and oxygen atoms in total. The van der Waals surface area contributed by atoms with Gasteiger partial charge >= 0.3 is 0 Å². The number of aromatic amines is 1. The molecule has 3 aromatic heterocycles. The first-order valence-electron chi connectivity index (χ1n) is 8.57. The number of hydrogen-bond donors (Lipinski definition) is 1. The smallest absolute Gasteiger partial charge is 0.274 e. The van der Waals surface area contributed by atoms with E-state index in [0.29, 0.717) is 11.5 Å². The predicted molar refractivity (Wildman–Crippen MR) is 87.6 cm³/mol. The van der Waals surface area contributed by atoms with Gasteiger partial charge in [-0.15, -0.1) is 0 Å². The van der Waals surface area contributed by atoms with Gasteiger partial charge in [0.25, 0.3) is 5.91 Å². The number of furan rings is 1. The molecule has 2 aliphatic rings. The third-order valence-corrected chi connectivity index (χ3v) is 5.29. The fourth-order valence-corrected chi connectivity index (χ4v) is 4.20. The van der Waals surface area contributed by atoms with E-state index in [1.165, 1.54) is 0 Å². The summed E-state index contributed by atoms with van der Waals surface area (Å²) >= 11 is 0. The summed E-state index contributed by atoms with van der Waals surface area (Å²) in [5.74, 6) is 0.673. The van der Waals surface area contributed by atoms with Crippen LogP contribution in [0.25, 0.3) is 11.5 Å². The van der Waals surface area contributed by atoms with Gasteiger partial charge in [-0.1, -0.05) is 0 Å². The molecular formula is C17H18N6O2. The van der Waals surface area contributed by atoms with Gasteiger partial charge in [0.15, 0.2) is 11.5 Å². The van der Waals surface area contributed by atoms with Crippen LogP contribution in [-0.4, -0.2) is 48.1 Å². The summed E-state index contributed by atoms with van der Waals surface area (Å²) in [5, 5.41) is 15.6. The fourth-order valence-electron chi connectivity index (χ4n) is 4.20. The minimum atomic E-state index is -0.00608. The molecule has 0 spiro atoms. The average molecular weight is 338 g/mol. The minimum absolute atomic E-state index is 0.00608. The molecule has 25 heavy (non-hydrogen) atoms. The van der Waals surface area contributed by atoms with Gasteiger partial charge in [0.05, 0.1) is 24.7 Å². The largest absolute Gasteiger partial charge is 0.463 e. The second-order valence-corrected chi connectivity index (χ2v) is 6.72. The van der Waals surface area contributed by atoms with E-state index in [2.05, 4.69) is 20.4 Å². The number of piperidine rings is 1. The summed E-state index contributed by atoms with van der Waals surface area (Å²) in [6.07, 6.45) is 8.87. The lowest BCUT2D eigenvalue weighted by molar-refractivity contribution is 0.0506. The van der Waals surface area contributed by atoms with Gasteiger partial charge < -0.3 is 9.32 Å². The maximum atomic E-state index is 13.0. The molecule has 1 N–H and O–H groups in total. The van der Waals surface area contributed by atoms with Crippen molar-refractivity contribution in [3.05, 3.63) is 42.5 Å². The normalized spacial score (nSPS) is 25.4. The molecule has 0 unspecified atom stereocenters. The number of nitrogens with zero attached hydrogens (tertiary/aromatic N) is 5. The number of amides is 1. The summed E-state index contributed by atoms with van der Waals surface area (Å²) < 4.78 is 5.36. The van der Waals surface area contributed by atoms with E-state index >= 15 is 0 Å². The van der Waals surface area contributed by atoms with Gasteiger partial charge in [-0.05, 0) is 37.8 Å². The van der Waals surface area contributed by atoms with Crippen LogP contribution in [0.3, 0.4) is 0 Å². The Morgan fingerprint density at radius 2 is 1.92 bits per heavy atom. The van der Waals surface area contributed by atoms with E-state index < -0.39 is 0 Å². The highest BCUT2D eigenvalue weighted by molar-refractivity contribution is 5.94. The molecule has 2 aliphatic heterocycles. The fraction of sp³-hybridized carbons (Fsp3) is 0.412. The molecule has 0 aromatic carbocycles. The summed E-state index contributed by atoms with van der Waals surface area (Å²) in [5.41, 5.74) is 1.16. The number of hydrogen-bond acceptors (Lipinski definition) is 5. The Bertz CT molecular complexity index is 855. The lowest BCUT2D eigenvalue weighted by atomic mass is 9.97. The van der Waals surface area contributed by atoms with Crippen LogP contribution in [0.2, 0.25) is 0 Å². The van der Waals surface area contributed by atoms with E-state index in [4.69, 9.17) is 4.42 Å². The Morgan fingerprint density at radius 3 is 2.60 bits per heavy atom. The van der Waals surface area contributed by atoms with Crippen molar-refractivity contribution in [3.8, 4) is 11.5 Å². The molecule has 3 aromatic rings. The van der Waals surface area contributed by atoms with E-state index in [-0.39, 0.29) is 24.0 Å². The number of carbonyl (C=O) groups excluding carboxylic acids is 1. The van der Waals surface area contributed by atoms with Crippen molar-refractivity contribution in [2.45, 2.75) is 43.8 Å². The van der Waals surface area contributed by atoms with E-state index in [9.17, 15) is 4.79 Å². The van der Waals surface area contributed by atoms with Crippen molar-refractivity contribution in [1.82, 2.24) is 30.1 Å². The van der Waals surface area contributed by atoms with Gasteiger partial charge in [0, 0.05) is 18.2 Å². The van der Waals surface area contributed by atoms with Crippen molar-refractivity contribution in [2.24, 2.45) is 0 Å². The summed E-state index contributed by atoms with van der Waals surface area (Å²) in [6.45, 7) is 0. The molecule has 2 fully saturated rings. The molecule has 5 heterocycles.